The van der Waals surface area contributed by atoms with Crippen LogP contribution in [0.1, 0.15) is 20.8 Å². The molecule has 2 N–H and O–H groups in total. The van der Waals surface area contributed by atoms with Crippen LogP contribution in [0.2, 0.25) is 0 Å². The molecule has 0 fully saturated rings. The highest BCUT2D eigenvalue weighted by Gasteiger charge is 2.23. The number of ether oxygens (including phenoxy) is 2. The zero-order valence-electron chi connectivity index (χ0n) is 9.73. The molecule has 0 aromatic rings. The second-order valence-electron chi connectivity index (χ2n) is 2.93. The third-order valence-electron chi connectivity index (χ3n) is 1.66. The number of carbonyl (C=O) groups is 2. The third-order valence-corrected chi connectivity index (χ3v) is 1.66. The Kier molecular flexibility index (Phi) is 7.02. The van der Waals surface area contributed by atoms with Crippen LogP contribution in [0.4, 0.5) is 9.59 Å². The van der Waals surface area contributed by atoms with E-state index in [1.54, 1.807) is 20.8 Å². The van der Waals surface area contributed by atoms with Gasteiger partial charge in [0.05, 0.1) is 25.9 Å². The lowest BCUT2D eigenvalue weighted by molar-refractivity contribution is 0.0443. The molecule has 0 aromatic carbocycles. The van der Waals surface area contributed by atoms with Gasteiger partial charge in [-0.25, -0.2) is 20.0 Å². The van der Waals surface area contributed by atoms with Crippen molar-refractivity contribution in [3.63, 3.8) is 0 Å². The van der Waals surface area contributed by atoms with Crippen LogP contribution in [0.5, 0.6) is 0 Å². The molecule has 0 aliphatic carbocycles. The van der Waals surface area contributed by atoms with Crippen LogP contribution in [0.25, 0.3) is 0 Å². The summed E-state index contributed by atoms with van der Waals surface area (Å²) in [5.74, 6) is 0. The Morgan fingerprint density at radius 2 is 1.88 bits per heavy atom. The van der Waals surface area contributed by atoms with Gasteiger partial charge in [0.1, 0.15) is 0 Å². The number of hydrazine groups is 1. The summed E-state index contributed by atoms with van der Waals surface area (Å²) in [5, 5.41) is 9.81. The molecule has 0 aliphatic heterocycles. The summed E-state index contributed by atoms with van der Waals surface area (Å²) in [6.45, 7) is 4.91. The molecule has 0 saturated carbocycles. The van der Waals surface area contributed by atoms with Crippen LogP contribution in [0, 0.1) is 0 Å². The molecule has 2 amide bonds. The molecule has 0 spiro atoms. The summed E-state index contributed by atoms with van der Waals surface area (Å²) >= 11 is 0. The fourth-order valence-electron chi connectivity index (χ4n) is 0.872. The number of aliphatic hydroxyl groups is 1. The Hall–Kier alpha value is -1.50. The number of carbonyl (C=O) groups excluding carboxylic acids is 2. The van der Waals surface area contributed by atoms with Crippen molar-refractivity contribution in [1.82, 2.24) is 10.4 Å². The summed E-state index contributed by atoms with van der Waals surface area (Å²) in [6, 6.07) is -0.594. The normalized spacial score (nSPS) is 11.5. The molecule has 1 unspecified atom stereocenters. The molecule has 16 heavy (non-hydrogen) atoms. The summed E-state index contributed by atoms with van der Waals surface area (Å²) in [4.78, 5) is 22.5. The molecule has 1 atom stereocenters. The van der Waals surface area contributed by atoms with Crippen molar-refractivity contribution in [3.8, 4) is 0 Å². The second-order valence-corrected chi connectivity index (χ2v) is 2.93. The van der Waals surface area contributed by atoms with E-state index in [4.69, 9.17) is 9.84 Å². The van der Waals surface area contributed by atoms with Crippen LogP contribution in [0.3, 0.4) is 0 Å². The average molecular weight is 234 g/mol. The van der Waals surface area contributed by atoms with Crippen molar-refractivity contribution in [2.24, 2.45) is 0 Å². The van der Waals surface area contributed by atoms with Gasteiger partial charge in [-0.3, -0.25) is 0 Å². The first-order valence-electron chi connectivity index (χ1n) is 5.07. The molecule has 0 saturated heterocycles. The predicted molar refractivity (Wildman–Crippen MR) is 55.6 cm³/mol. The molecule has 94 valence electrons. The molecule has 0 aromatic heterocycles. The third kappa shape index (κ3) is 4.83. The SMILES string of the molecule is CCOC(=O)NN(C(=O)OCC)C(C)CO. The summed E-state index contributed by atoms with van der Waals surface area (Å²) in [5.41, 5.74) is 2.19. The fourth-order valence-corrected chi connectivity index (χ4v) is 0.872. The van der Waals surface area contributed by atoms with Gasteiger partial charge in [-0.05, 0) is 20.8 Å². The van der Waals surface area contributed by atoms with Crippen molar-refractivity contribution in [2.75, 3.05) is 19.8 Å². The van der Waals surface area contributed by atoms with E-state index in [1.165, 1.54) is 0 Å². The van der Waals surface area contributed by atoms with Crippen molar-refractivity contribution >= 4 is 12.2 Å². The maximum Gasteiger partial charge on any atom is 0.429 e. The Morgan fingerprint density at radius 3 is 2.31 bits per heavy atom. The van der Waals surface area contributed by atoms with Crippen LogP contribution < -0.4 is 5.43 Å². The smallest absolute Gasteiger partial charge is 0.429 e. The largest absolute Gasteiger partial charge is 0.449 e. The molecule has 0 heterocycles. The predicted octanol–water partition coefficient (Wildman–Crippen LogP) is 0.487. The molecule has 0 aliphatic rings. The molecule has 0 bridgehead atoms. The maximum atomic E-state index is 11.4. The first-order valence-corrected chi connectivity index (χ1v) is 5.07. The van der Waals surface area contributed by atoms with E-state index in [0.29, 0.717) is 0 Å². The average Bonchev–Trinajstić information content (AvgIpc) is 2.25. The van der Waals surface area contributed by atoms with Gasteiger partial charge in [0, 0.05) is 0 Å². The van der Waals surface area contributed by atoms with Gasteiger partial charge in [0.25, 0.3) is 0 Å². The van der Waals surface area contributed by atoms with Crippen molar-refractivity contribution in [2.45, 2.75) is 26.8 Å². The number of amides is 2. The Morgan fingerprint density at radius 1 is 1.31 bits per heavy atom. The molecular formula is C9H18N2O5. The van der Waals surface area contributed by atoms with Gasteiger partial charge in [0.15, 0.2) is 0 Å². The van der Waals surface area contributed by atoms with Crippen LogP contribution in [0.15, 0.2) is 0 Å². The van der Waals surface area contributed by atoms with Crippen LogP contribution in [-0.4, -0.2) is 48.2 Å². The number of hydrogen-bond acceptors (Lipinski definition) is 5. The van der Waals surface area contributed by atoms with Crippen molar-refractivity contribution < 1.29 is 24.2 Å². The highest BCUT2D eigenvalue weighted by molar-refractivity contribution is 5.74. The zero-order chi connectivity index (χ0) is 12.6. The molecule has 7 heteroatoms. The number of nitrogens with zero attached hydrogens (tertiary/aromatic N) is 1. The summed E-state index contributed by atoms with van der Waals surface area (Å²) in [7, 11) is 0. The molecule has 0 rings (SSSR count). The van der Waals surface area contributed by atoms with Gasteiger partial charge in [0.2, 0.25) is 0 Å². The lowest BCUT2D eigenvalue weighted by Crippen LogP contribution is -2.52. The number of hydrogen-bond donors (Lipinski definition) is 2. The minimum Gasteiger partial charge on any atom is -0.449 e. The zero-order valence-corrected chi connectivity index (χ0v) is 9.73. The van der Waals surface area contributed by atoms with E-state index in [-0.39, 0.29) is 19.8 Å². The number of nitrogens with one attached hydrogen (secondary N) is 1. The maximum absolute atomic E-state index is 11.4. The molecule has 7 nitrogen and oxygen atoms in total. The minimum absolute atomic E-state index is 0.179. The first-order chi connectivity index (χ1) is 7.56. The Balaban J connectivity index is 4.42. The van der Waals surface area contributed by atoms with Gasteiger partial charge in [-0.1, -0.05) is 0 Å². The highest BCUT2D eigenvalue weighted by Crippen LogP contribution is 1.99. The van der Waals surface area contributed by atoms with Crippen molar-refractivity contribution in [3.05, 3.63) is 0 Å². The van der Waals surface area contributed by atoms with Crippen LogP contribution >= 0.6 is 0 Å². The van der Waals surface area contributed by atoms with E-state index in [0.717, 1.165) is 5.01 Å². The van der Waals surface area contributed by atoms with E-state index in [2.05, 4.69) is 10.2 Å². The summed E-state index contributed by atoms with van der Waals surface area (Å²) in [6.07, 6.45) is -1.51. The first kappa shape index (κ1) is 14.5. The summed E-state index contributed by atoms with van der Waals surface area (Å²) < 4.78 is 9.33. The van der Waals surface area contributed by atoms with Gasteiger partial charge >= 0.3 is 12.2 Å². The standard InChI is InChI=1S/C9H18N2O5/c1-4-15-8(13)10-11(7(3)6-12)9(14)16-5-2/h7,12H,4-6H2,1-3H3,(H,10,13). The number of aliphatic hydroxyl groups excluding tert-OH is 1. The lowest BCUT2D eigenvalue weighted by Gasteiger charge is -2.26. The van der Waals surface area contributed by atoms with E-state index < -0.39 is 18.2 Å². The molecule has 0 radical (unpaired) electrons. The lowest BCUT2D eigenvalue weighted by atomic mass is 10.3. The monoisotopic (exact) mass is 234 g/mol. The molecular weight excluding hydrogens is 216 g/mol. The van der Waals surface area contributed by atoms with E-state index in [1.807, 2.05) is 0 Å². The van der Waals surface area contributed by atoms with Crippen molar-refractivity contribution in [1.29, 1.82) is 0 Å². The second kappa shape index (κ2) is 7.75. The van der Waals surface area contributed by atoms with E-state index >= 15 is 0 Å². The van der Waals surface area contributed by atoms with E-state index in [9.17, 15) is 9.59 Å². The fraction of sp³-hybridized carbons (Fsp3) is 0.778. The van der Waals surface area contributed by atoms with Crippen LogP contribution in [-0.2, 0) is 9.47 Å². The van der Waals surface area contributed by atoms with Gasteiger partial charge < -0.3 is 14.6 Å². The van der Waals surface area contributed by atoms with Gasteiger partial charge in [-0.2, -0.15) is 0 Å². The quantitative estimate of drug-likeness (QED) is 0.691. The Bertz CT molecular complexity index is 234. The number of rotatable bonds is 4. The minimum atomic E-state index is -0.768. The topological polar surface area (TPSA) is 88.1 Å². The van der Waals surface area contributed by atoms with Gasteiger partial charge in [-0.15, -0.1) is 0 Å². The Labute approximate surface area is 94.3 Å². The highest BCUT2D eigenvalue weighted by atomic mass is 16.6.